The first-order valence-corrected chi connectivity index (χ1v) is 6.26. The molecule has 0 aromatic rings. The summed E-state index contributed by atoms with van der Waals surface area (Å²) in [4.78, 5) is 0. The van der Waals surface area contributed by atoms with Crippen LogP contribution < -0.4 is 0 Å². The Bertz CT molecular complexity index is 261. The van der Waals surface area contributed by atoms with Crippen molar-refractivity contribution in [1.82, 2.24) is 0 Å². The second-order valence-corrected chi connectivity index (χ2v) is 4.72. The second kappa shape index (κ2) is 7.78. The van der Waals surface area contributed by atoms with Crippen LogP contribution >= 0.6 is 0 Å². The Morgan fingerprint density at radius 2 is 1.73 bits per heavy atom. The minimum absolute atomic E-state index is 1.09. The SMILES string of the molecule is C=CC[N+](C)(CC)CC.O=S(=O)([O-])CF. The Morgan fingerprint density at radius 1 is 1.40 bits per heavy atom. The summed E-state index contributed by atoms with van der Waals surface area (Å²) in [7, 11) is -2.33. The molecule has 92 valence electrons. The molecule has 0 aliphatic heterocycles. The summed E-state index contributed by atoms with van der Waals surface area (Å²) < 4.78 is 38.9. The van der Waals surface area contributed by atoms with Gasteiger partial charge in [-0.25, -0.2) is 12.8 Å². The van der Waals surface area contributed by atoms with Gasteiger partial charge in [-0.1, -0.05) is 6.58 Å². The summed E-state index contributed by atoms with van der Waals surface area (Å²) in [5, 5.41) is 0. The van der Waals surface area contributed by atoms with E-state index in [0.717, 1.165) is 11.0 Å². The Balaban J connectivity index is 0. The average molecular weight is 241 g/mol. The zero-order valence-corrected chi connectivity index (χ0v) is 10.4. The molecule has 0 spiro atoms. The molecule has 0 bridgehead atoms. The van der Waals surface area contributed by atoms with Crippen molar-refractivity contribution < 1.29 is 21.8 Å². The molecule has 0 aliphatic carbocycles. The number of hydrogen-bond donors (Lipinski definition) is 0. The molecule has 15 heavy (non-hydrogen) atoms. The first-order chi connectivity index (χ1) is 6.74. The molecule has 0 amide bonds. The number of likely N-dealkylation sites (N-methyl/N-ethyl adjacent to an activating group) is 1. The third-order valence-corrected chi connectivity index (χ3v) is 2.50. The van der Waals surface area contributed by atoms with Crippen molar-refractivity contribution in [2.75, 3.05) is 32.7 Å². The van der Waals surface area contributed by atoms with Crippen LogP contribution in [-0.2, 0) is 10.1 Å². The van der Waals surface area contributed by atoms with Crippen LogP contribution in [0.4, 0.5) is 4.39 Å². The van der Waals surface area contributed by atoms with Crippen LogP contribution in [0.3, 0.4) is 0 Å². The summed E-state index contributed by atoms with van der Waals surface area (Å²) in [5.74, 6) is 0. The molecule has 0 fully saturated rings. The lowest BCUT2D eigenvalue weighted by molar-refractivity contribution is -0.900. The number of hydrogen-bond acceptors (Lipinski definition) is 3. The van der Waals surface area contributed by atoms with Crippen LogP contribution in [0.25, 0.3) is 0 Å². The highest BCUT2D eigenvalue weighted by atomic mass is 32.2. The molecule has 0 aromatic heterocycles. The van der Waals surface area contributed by atoms with Crippen LogP contribution in [0.15, 0.2) is 12.7 Å². The molecule has 0 atom stereocenters. The van der Waals surface area contributed by atoms with Gasteiger partial charge in [0, 0.05) is 0 Å². The molecule has 0 unspecified atom stereocenters. The molecule has 6 heteroatoms. The third-order valence-electron chi connectivity index (χ3n) is 2.23. The van der Waals surface area contributed by atoms with Crippen molar-refractivity contribution in [1.29, 1.82) is 0 Å². The molecule has 0 radical (unpaired) electrons. The largest absolute Gasteiger partial charge is 0.746 e. The molecule has 4 nitrogen and oxygen atoms in total. The van der Waals surface area contributed by atoms with E-state index in [1.807, 2.05) is 6.08 Å². The van der Waals surface area contributed by atoms with Gasteiger partial charge < -0.3 is 9.04 Å². The van der Waals surface area contributed by atoms with Gasteiger partial charge in [0.25, 0.3) is 0 Å². The maximum Gasteiger partial charge on any atom is 0.179 e. The van der Waals surface area contributed by atoms with Crippen molar-refractivity contribution in [2.24, 2.45) is 0 Å². The van der Waals surface area contributed by atoms with Gasteiger partial charge in [-0.05, 0) is 19.9 Å². The highest BCUT2D eigenvalue weighted by Crippen LogP contribution is 1.99. The van der Waals surface area contributed by atoms with E-state index in [4.69, 9.17) is 13.0 Å². The quantitative estimate of drug-likeness (QED) is 0.412. The zero-order chi connectivity index (χ0) is 12.5. The Hall–Kier alpha value is -0.460. The van der Waals surface area contributed by atoms with E-state index in [1.54, 1.807) is 0 Å². The van der Waals surface area contributed by atoms with Crippen LogP contribution in [0.1, 0.15) is 13.8 Å². The molecule has 0 aromatic carbocycles. The zero-order valence-electron chi connectivity index (χ0n) is 9.57. The van der Waals surface area contributed by atoms with E-state index in [-0.39, 0.29) is 0 Å². The standard InChI is InChI=1S/C8H18N.CH3FO3S/c1-5-8-9(4,6-2)7-3;2-1-6(3,4)5/h5H,1,6-8H2,2-4H3;1H2,(H,3,4,5)/q+1;/p-1. The molecule has 0 saturated heterocycles. The van der Waals surface area contributed by atoms with Crippen LogP contribution in [0.5, 0.6) is 0 Å². The number of alkyl halides is 1. The van der Waals surface area contributed by atoms with Gasteiger partial charge in [0.1, 0.15) is 10.1 Å². The highest BCUT2D eigenvalue weighted by molar-refractivity contribution is 7.85. The van der Waals surface area contributed by atoms with E-state index in [9.17, 15) is 4.39 Å². The van der Waals surface area contributed by atoms with Gasteiger partial charge >= 0.3 is 0 Å². The second-order valence-electron chi connectivity index (χ2n) is 3.39. The predicted octanol–water partition coefficient (Wildman–Crippen LogP) is 1.12. The number of quaternary nitrogens is 1. The summed E-state index contributed by atoms with van der Waals surface area (Å²) in [6.07, 6.45) is 1.99. The molecule has 0 N–H and O–H groups in total. The van der Waals surface area contributed by atoms with Gasteiger partial charge in [-0.2, -0.15) is 0 Å². The fraction of sp³-hybridized carbons (Fsp3) is 0.778. The van der Waals surface area contributed by atoms with E-state index in [0.29, 0.717) is 0 Å². The lowest BCUT2D eigenvalue weighted by Crippen LogP contribution is -2.43. The first kappa shape index (κ1) is 17.0. The first-order valence-electron chi connectivity index (χ1n) is 4.68. The minimum Gasteiger partial charge on any atom is -0.746 e. The minimum atomic E-state index is -4.58. The van der Waals surface area contributed by atoms with E-state index in [1.165, 1.54) is 13.1 Å². The topological polar surface area (TPSA) is 57.2 Å². The highest BCUT2D eigenvalue weighted by Gasteiger charge is 2.12. The van der Waals surface area contributed by atoms with Gasteiger partial charge in [-0.3, -0.25) is 0 Å². The molecule has 0 aliphatic rings. The summed E-state index contributed by atoms with van der Waals surface area (Å²) in [5.41, 5.74) is 0. The number of halogens is 1. The molecule has 0 rings (SSSR count). The number of rotatable bonds is 5. The molecule has 0 heterocycles. The normalized spacial score (nSPS) is 11.5. The van der Waals surface area contributed by atoms with Crippen molar-refractivity contribution in [2.45, 2.75) is 13.8 Å². The van der Waals surface area contributed by atoms with Gasteiger partial charge in [0.15, 0.2) is 6.01 Å². The van der Waals surface area contributed by atoms with E-state index in [2.05, 4.69) is 27.5 Å². The van der Waals surface area contributed by atoms with E-state index >= 15 is 0 Å². The van der Waals surface area contributed by atoms with Crippen molar-refractivity contribution in [3.05, 3.63) is 12.7 Å². The molecular formula is C9H20FNO3S. The fourth-order valence-corrected chi connectivity index (χ4v) is 0.793. The predicted molar refractivity (Wildman–Crippen MR) is 58.0 cm³/mol. The number of nitrogens with zero attached hydrogens (tertiary/aromatic N) is 1. The van der Waals surface area contributed by atoms with Crippen LogP contribution in [0.2, 0.25) is 0 Å². The Labute approximate surface area is 91.7 Å². The smallest absolute Gasteiger partial charge is 0.179 e. The monoisotopic (exact) mass is 241 g/mol. The van der Waals surface area contributed by atoms with Crippen LogP contribution in [0, 0.1) is 0 Å². The summed E-state index contributed by atoms with van der Waals surface area (Å²) in [6.45, 7) is 11.6. The Kier molecular flexibility index (Phi) is 8.80. The van der Waals surface area contributed by atoms with Crippen LogP contribution in [-0.4, -0.2) is 50.1 Å². The maximum absolute atomic E-state index is 10.6. The van der Waals surface area contributed by atoms with E-state index < -0.39 is 16.1 Å². The lowest BCUT2D eigenvalue weighted by atomic mass is 10.4. The van der Waals surface area contributed by atoms with Crippen molar-refractivity contribution >= 4 is 10.1 Å². The van der Waals surface area contributed by atoms with Gasteiger partial charge in [-0.15, -0.1) is 0 Å². The maximum atomic E-state index is 10.6. The van der Waals surface area contributed by atoms with Crippen molar-refractivity contribution in [3.63, 3.8) is 0 Å². The fourth-order valence-electron chi connectivity index (χ4n) is 0.793. The third kappa shape index (κ3) is 11.5. The lowest BCUT2D eigenvalue weighted by Gasteiger charge is -2.30. The Morgan fingerprint density at radius 3 is 1.80 bits per heavy atom. The molecular weight excluding hydrogens is 221 g/mol. The molecule has 0 saturated carbocycles. The van der Waals surface area contributed by atoms with Gasteiger partial charge in [0.2, 0.25) is 0 Å². The van der Waals surface area contributed by atoms with Crippen molar-refractivity contribution in [3.8, 4) is 0 Å². The summed E-state index contributed by atoms with van der Waals surface area (Å²) >= 11 is 0. The summed E-state index contributed by atoms with van der Waals surface area (Å²) in [6, 6.07) is -1.81. The average Bonchev–Trinajstić information content (AvgIpc) is 2.18. The van der Waals surface area contributed by atoms with Gasteiger partial charge in [0.05, 0.1) is 26.7 Å².